The van der Waals surface area contributed by atoms with Gasteiger partial charge in [-0.1, -0.05) is 155 Å². The zero-order chi connectivity index (χ0) is 40.3. The molecule has 1 heterocycles. The molecule has 0 spiro atoms. The number of hydrogen-bond acceptors (Lipinski definition) is 1. The van der Waals surface area contributed by atoms with Crippen LogP contribution in [0.4, 0.5) is 17.1 Å². The van der Waals surface area contributed by atoms with Crippen LogP contribution in [0.3, 0.4) is 0 Å². The fourth-order valence-corrected chi connectivity index (χ4v) is 10.7. The zero-order valence-corrected chi connectivity index (χ0v) is 34.4. The van der Waals surface area contributed by atoms with Gasteiger partial charge in [0, 0.05) is 44.1 Å². The van der Waals surface area contributed by atoms with E-state index in [0.717, 1.165) is 11.4 Å². The second-order valence-electron chi connectivity index (χ2n) is 17.8. The molecule has 0 unspecified atom stereocenters. The molecule has 0 N–H and O–H groups in total. The van der Waals surface area contributed by atoms with E-state index in [1.54, 1.807) is 0 Å². The van der Waals surface area contributed by atoms with Crippen LogP contribution < -0.4 is 4.90 Å². The molecule has 0 fully saturated rings. The number of benzene rings is 9. The molecule has 2 aliphatic rings. The van der Waals surface area contributed by atoms with Crippen LogP contribution in [0.2, 0.25) is 0 Å². The summed E-state index contributed by atoms with van der Waals surface area (Å²) in [4.78, 5) is 2.37. The molecule has 60 heavy (non-hydrogen) atoms. The Morgan fingerprint density at radius 3 is 1.45 bits per heavy atom. The summed E-state index contributed by atoms with van der Waals surface area (Å²) in [5.41, 5.74) is 20.3. The highest BCUT2D eigenvalue weighted by atomic mass is 15.1. The van der Waals surface area contributed by atoms with Gasteiger partial charge in [0.05, 0.1) is 16.7 Å². The van der Waals surface area contributed by atoms with Gasteiger partial charge >= 0.3 is 0 Å². The number of fused-ring (bicyclic) bond motifs is 10. The van der Waals surface area contributed by atoms with Crippen molar-refractivity contribution in [3.63, 3.8) is 0 Å². The van der Waals surface area contributed by atoms with Gasteiger partial charge in [0.25, 0.3) is 0 Å². The largest absolute Gasteiger partial charge is 0.310 e. The lowest BCUT2D eigenvalue weighted by Crippen LogP contribution is -2.15. The molecular weight excluding hydrogens is 725 g/mol. The van der Waals surface area contributed by atoms with Gasteiger partial charge in [0.15, 0.2) is 0 Å². The van der Waals surface area contributed by atoms with Crippen LogP contribution in [0, 0.1) is 0 Å². The molecule has 9 aromatic carbocycles. The number of rotatable bonds is 5. The van der Waals surface area contributed by atoms with E-state index in [4.69, 9.17) is 0 Å². The summed E-state index contributed by atoms with van der Waals surface area (Å²) < 4.78 is 2.53. The Bertz CT molecular complexity index is 3220. The average molecular weight is 769 g/mol. The molecular formula is C58H44N2. The topological polar surface area (TPSA) is 8.17 Å². The third-order valence-corrected chi connectivity index (χ3v) is 13.8. The molecule has 2 aliphatic carbocycles. The summed E-state index contributed by atoms with van der Waals surface area (Å²) in [7, 11) is 0. The summed E-state index contributed by atoms with van der Waals surface area (Å²) >= 11 is 0. The maximum absolute atomic E-state index is 2.53. The van der Waals surface area contributed by atoms with Gasteiger partial charge in [-0.15, -0.1) is 0 Å². The fraction of sp³-hybridized carbons (Fsp3) is 0.103. The van der Waals surface area contributed by atoms with Gasteiger partial charge in [0.2, 0.25) is 0 Å². The second-order valence-corrected chi connectivity index (χ2v) is 17.8. The first-order valence-electron chi connectivity index (χ1n) is 21.2. The maximum atomic E-state index is 2.53. The van der Waals surface area contributed by atoms with E-state index in [2.05, 4.69) is 231 Å². The van der Waals surface area contributed by atoms with Crippen LogP contribution in [-0.4, -0.2) is 4.57 Å². The first kappa shape index (κ1) is 34.8. The molecule has 0 atom stereocenters. The van der Waals surface area contributed by atoms with Gasteiger partial charge < -0.3 is 9.47 Å². The van der Waals surface area contributed by atoms with Crippen LogP contribution in [0.1, 0.15) is 49.9 Å². The Morgan fingerprint density at radius 1 is 0.367 bits per heavy atom. The van der Waals surface area contributed by atoms with E-state index in [9.17, 15) is 0 Å². The highest BCUT2D eigenvalue weighted by Crippen LogP contribution is 2.54. The first-order valence-corrected chi connectivity index (χ1v) is 21.2. The van der Waals surface area contributed by atoms with Crippen LogP contribution >= 0.6 is 0 Å². The van der Waals surface area contributed by atoms with E-state index in [-0.39, 0.29) is 10.8 Å². The molecule has 2 nitrogen and oxygen atoms in total. The highest BCUT2D eigenvalue weighted by molar-refractivity contribution is 6.14. The molecule has 0 saturated heterocycles. The van der Waals surface area contributed by atoms with Crippen molar-refractivity contribution >= 4 is 49.6 Å². The Kier molecular flexibility index (Phi) is 7.36. The van der Waals surface area contributed by atoms with Crippen molar-refractivity contribution in [2.45, 2.75) is 38.5 Å². The monoisotopic (exact) mass is 768 g/mol. The van der Waals surface area contributed by atoms with E-state index in [1.807, 2.05) is 0 Å². The van der Waals surface area contributed by atoms with E-state index < -0.39 is 0 Å². The SMILES string of the molecule is CC1(C)c2ccccc2-c2cc3c4cc5c(cc4n(-c4ccc(-c6ccc(N(c7ccccc7)c7cccc8ccccc78)cc6)cc4)c3cc21)C(C)(C)c1ccccc1-5. The van der Waals surface area contributed by atoms with Crippen molar-refractivity contribution in [3.8, 4) is 39.1 Å². The Labute approximate surface area is 351 Å². The maximum Gasteiger partial charge on any atom is 0.0544 e. The van der Waals surface area contributed by atoms with Crippen molar-refractivity contribution in [1.82, 2.24) is 4.57 Å². The molecule has 0 aliphatic heterocycles. The van der Waals surface area contributed by atoms with Crippen LogP contribution in [0.25, 0.3) is 71.6 Å². The first-order chi connectivity index (χ1) is 29.3. The van der Waals surface area contributed by atoms with Crippen LogP contribution in [0.15, 0.2) is 194 Å². The second kappa shape index (κ2) is 12.7. The molecule has 12 rings (SSSR count). The average Bonchev–Trinajstić information content (AvgIpc) is 3.81. The van der Waals surface area contributed by atoms with E-state index in [0.29, 0.717) is 0 Å². The Balaban J connectivity index is 0.992. The van der Waals surface area contributed by atoms with Crippen LogP contribution in [-0.2, 0) is 10.8 Å². The number of nitrogens with zero attached hydrogens (tertiary/aromatic N) is 2. The van der Waals surface area contributed by atoms with E-state index >= 15 is 0 Å². The number of para-hydroxylation sites is 1. The Morgan fingerprint density at radius 2 is 0.850 bits per heavy atom. The minimum Gasteiger partial charge on any atom is -0.310 e. The minimum atomic E-state index is -0.0934. The summed E-state index contributed by atoms with van der Waals surface area (Å²) in [6.45, 7) is 9.52. The van der Waals surface area contributed by atoms with Crippen molar-refractivity contribution in [2.24, 2.45) is 0 Å². The molecule has 286 valence electrons. The predicted octanol–water partition coefficient (Wildman–Crippen LogP) is 15.7. The standard InChI is InChI=1S/C58H44N2/c1-57(2)50-22-12-10-20-44(50)46-33-48-49-34-47-45-21-11-13-23-51(45)58(3,4)53(47)36-56(49)60(55(48)35-52(46)57)42-31-27-38(28-32-42)37-25-29-41(30-26-37)59(40-17-6-5-7-18-40)54-24-14-16-39-15-8-9-19-43(39)54/h5-36H,1-4H3. The van der Waals surface area contributed by atoms with Crippen LogP contribution in [0.5, 0.6) is 0 Å². The molecule has 1 aromatic heterocycles. The minimum absolute atomic E-state index is 0.0934. The van der Waals surface area contributed by atoms with Crippen molar-refractivity contribution in [1.29, 1.82) is 0 Å². The smallest absolute Gasteiger partial charge is 0.0544 e. The summed E-state index contributed by atoms with van der Waals surface area (Å²) in [6.07, 6.45) is 0. The molecule has 2 heteroatoms. The third kappa shape index (κ3) is 4.94. The lowest BCUT2D eigenvalue weighted by molar-refractivity contribution is 0.660. The van der Waals surface area contributed by atoms with Gasteiger partial charge in [-0.25, -0.2) is 0 Å². The van der Waals surface area contributed by atoms with Crippen molar-refractivity contribution in [2.75, 3.05) is 4.90 Å². The molecule has 0 bridgehead atoms. The molecule has 0 saturated carbocycles. The summed E-state index contributed by atoms with van der Waals surface area (Å²) in [5.74, 6) is 0. The van der Waals surface area contributed by atoms with Gasteiger partial charge in [-0.05, 0) is 128 Å². The summed E-state index contributed by atoms with van der Waals surface area (Å²) in [6, 6.07) is 72.1. The molecule has 10 aromatic rings. The highest BCUT2D eigenvalue weighted by Gasteiger charge is 2.38. The van der Waals surface area contributed by atoms with Gasteiger partial charge in [0.1, 0.15) is 0 Å². The lowest BCUT2D eigenvalue weighted by atomic mass is 9.82. The predicted molar refractivity (Wildman–Crippen MR) is 254 cm³/mol. The zero-order valence-electron chi connectivity index (χ0n) is 34.4. The Hall–Kier alpha value is -7.16. The normalized spacial score (nSPS) is 14.3. The van der Waals surface area contributed by atoms with Gasteiger partial charge in [-0.2, -0.15) is 0 Å². The number of aromatic nitrogens is 1. The van der Waals surface area contributed by atoms with Gasteiger partial charge in [-0.3, -0.25) is 0 Å². The van der Waals surface area contributed by atoms with E-state index in [1.165, 1.54) is 99.6 Å². The van der Waals surface area contributed by atoms with Crippen molar-refractivity contribution in [3.05, 3.63) is 216 Å². The van der Waals surface area contributed by atoms with Crippen molar-refractivity contribution < 1.29 is 0 Å². The molecule has 0 radical (unpaired) electrons. The summed E-state index contributed by atoms with van der Waals surface area (Å²) in [5, 5.41) is 5.06. The fourth-order valence-electron chi connectivity index (χ4n) is 10.7. The third-order valence-electron chi connectivity index (χ3n) is 13.8. The number of hydrogen-bond donors (Lipinski definition) is 0. The molecule has 0 amide bonds. The lowest BCUT2D eigenvalue weighted by Gasteiger charge is -2.27. The quantitative estimate of drug-likeness (QED) is 0.169. The number of anilines is 3.